The van der Waals surface area contributed by atoms with Crippen molar-refractivity contribution in [2.24, 2.45) is 5.92 Å². The third kappa shape index (κ3) is 4.64. The number of methoxy groups -OCH3 is 1. The van der Waals surface area contributed by atoms with Gasteiger partial charge in [-0.15, -0.1) is 0 Å². The van der Waals surface area contributed by atoms with E-state index in [1.54, 1.807) is 0 Å². The molecule has 1 unspecified atom stereocenters. The first-order chi connectivity index (χ1) is 9.79. The highest BCUT2D eigenvalue weighted by atomic mass is 16.5. The lowest BCUT2D eigenvalue weighted by Gasteiger charge is -2.31. The monoisotopic (exact) mass is 275 g/mol. The van der Waals surface area contributed by atoms with E-state index in [4.69, 9.17) is 4.74 Å². The quantitative estimate of drug-likeness (QED) is 0.590. The first-order valence-electron chi connectivity index (χ1n) is 7.63. The predicted octanol–water partition coefficient (Wildman–Crippen LogP) is 2.89. The molecule has 1 fully saturated rings. The summed E-state index contributed by atoms with van der Waals surface area (Å²) in [5.74, 6) is 0.0434. The van der Waals surface area contributed by atoms with Gasteiger partial charge in [-0.25, -0.2) is 0 Å². The maximum absolute atomic E-state index is 11.6. The van der Waals surface area contributed by atoms with Crippen LogP contribution in [-0.2, 0) is 16.0 Å². The number of piperidine rings is 1. The fourth-order valence-electron chi connectivity index (χ4n) is 2.93. The van der Waals surface area contributed by atoms with Gasteiger partial charge in [-0.05, 0) is 50.8 Å². The van der Waals surface area contributed by atoms with Crippen molar-refractivity contribution >= 4 is 5.97 Å². The minimum atomic E-state index is -0.0426. The summed E-state index contributed by atoms with van der Waals surface area (Å²) in [7, 11) is 1.49. The Morgan fingerprint density at radius 1 is 1.30 bits per heavy atom. The predicted molar refractivity (Wildman–Crippen MR) is 80.6 cm³/mol. The van der Waals surface area contributed by atoms with Crippen LogP contribution in [-0.4, -0.2) is 37.6 Å². The van der Waals surface area contributed by atoms with Gasteiger partial charge in [0.2, 0.25) is 0 Å². The van der Waals surface area contributed by atoms with Gasteiger partial charge in [0.25, 0.3) is 0 Å². The molecule has 0 N–H and O–H groups in total. The van der Waals surface area contributed by atoms with Crippen LogP contribution in [0.5, 0.6) is 0 Å². The number of hydrogen-bond acceptors (Lipinski definition) is 3. The van der Waals surface area contributed by atoms with E-state index in [1.807, 2.05) is 0 Å². The van der Waals surface area contributed by atoms with E-state index in [0.717, 1.165) is 38.9 Å². The average molecular weight is 275 g/mol. The van der Waals surface area contributed by atoms with Crippen LogP contribution in [0.4, 0.5) is 0 Å². The molecule has 1 heterocycles. The third-order valence-electron chi connectivity index (χ3n) is 4.07. The fraction of sp³-hybridized carbons (Fsp3) is 0.588. The molecule has 20 heavy (non-hydrogen) atoms. The van der Waals surface area contributed by atoms with Crippen LogP contribution in [0.3, 0.4) is 0 Å². The van der Waals surface area contributed by atoms with Crippen molar-refractivity contribution in [3.63, 3.8) is 0 Å². The molecule has 3 heteroatoms. The van der Waals surface area contributed by atoms with Gasteiger partial charge in [0.15, 0.2) is 0 Å². The van der Waals surface area contributed by atoms with E-state index in [2.05, 4.69) is 35.2 Å². The molecule has 0 bridgehead atoms. The molecule has 1 aromatic rings. The molecular weight excluding hydrogens is 250 g/mol. The number of ether oxygens (including phenoxy) is 1. The fourth-order valence-corrected chi connectivity index (χ4v) is 2.93. The Bertz CT molecular complexity index is 405. The number of benzene rings is 1. The van der Waals surface area contributed by atoms with Crippen LogP contribution in [0, 0.1) is 5.92 Å². The van der Waals surface area contributed by atoms with Crippen molar-refractivity contribution in [1.29, 1.82) is 0 Å². The summed E-state index contributed by atoms with van der Waals surface area (Å²) < 4.78 is 4.86. The van der Waals surface area contributed by atoms with Crippen molar-refractivity contribution in [2.45, 2.75) is 32.1 Å². The lowest BCUT2D eigenvalue weighted by Crippen LogP contribution is -2.39. The smallest absolute Gasteiger partial charge is 0.309 e. The normalized spacial score (nSPS) is 19.8. The van der Waals surface area contributed by atoms with Crippen LogP contribution < -0.4 is 0 Å². The second-order valence-electron chi connectivity index (χ2n) is 5.61. The molecule has 1 aliphatic heterocycles. The molecule has 1 aromatic carbocycles. The zero-order valence-corrected chi connectivity index (χ0v) is 12.4. The second kappa shape index (κ2) is 8.05. The largest absolute Gasteiger partial charge is 0.469 e. The van der Waals surface area contributed by atoms with Crippen molar-refractivity contribution in [2.75, 3.05) is 26.7 Å². The molecule has 110 valence electrons. The van der Waals surface area contributed by atoms with Gasteiger partial charge in [0, 0.05) is 6.54 Å². The zero-order chi connectivity index (χ0) is 14.2. The van der Waals surface area contributed by atoms with Crippen LogP contribution in [0.1, 0.15) is 31.2 Å². The molecule has 1 aliphatic rings. The molecule has 0 amide bonds. The van der Waals surface area contributed by atoms with Gasteiger partial charge in [-0.2, -0.15) is 0 Å². The summed E-state index contributed by atoms with van der Waals surface area (Å²) in [5, 5.41) is 0. The molecule has 0 spiro atoms. The number of rotatable bonds is 6. The number of carbonyl (C=O) groups is 1. The summed E-state index contributed by atoms with van der Waals surface area (Å²) in [6.45, 7) is 3.09. The van der Waals surface area contributed by atoms with Gasteiger partial charge in [-0.3, -0.25) is 4.79 Å². The zero-order valence-electron chi connectivity index (χ0n) is 12.4. The van der Waals surface area contributed by atoms with E-state index >= 15 is 0 Å². The van der Waals surface area contributed by atoms with Gasteiger partial charge < -0.3 is 9.64 Å². The SMILES string of the molecule is COC(=O)C1CCCN(CCCCc2ccccc2)C1. The summed E-state index contributed by atoms with van der Waals surface area (Å²) in [6, 6.07) is 10.6. The molecular formula is C17H25NO2. The van der Waals surface area contributed by atoms with Crippen molar-refractivity contribution in [1.82, 2.24) is 4.90 Å². The Kier molecular flexibility index (Phi) is 6.06. The highest BCUT2D eigenvalue weighted by molar-refractivity contribution is 5.72. The summed E-state index contributed by atoms with van der Waals surface area (Å²) in [6.07, 6.45) is 5.65. The number of aryl methyl sites for hydroxylation is 1. The standard InChI is InChI=1S/C17H25NO2/c1-20-17(19)16-11-7-13-18(14-16)12-6-5-10-15-8-3-2-4-9-15/h2-4,8-9,16H,5-7,10-14H2,1H3. The first-order valence-corrected chi connectivity index (χ1v) is 7.63. The molecule has 0 aliphatic carbocycles. The van der Waals surface area contributed by atoms with Crippen molar-refractivity contribution < 1.29 is 9.53 Å². The van der Waals surface area contributed by atoms with Crippen LogP contribution in [0.15, 0.2) is 30.3 Å². The number of carbonyl (C=O) groups excluding carboxylic acids is 1. The number of esters is 1. The second-order valence-corrected chi connectivity index (χ2v) is 5.61. The molecule has 2 rings (SSSR count). The molecule has 0 saturated carbocycles. The molecule has 1 saturated heterocycles. The van der Waals surface area contributed by atoms with Crippen molar-refractivity contribution in [3.8, 4) is 0 Å². The van der Waals surface area contributed by atoms with Gasteiger partial charge in [-0.1, -0.05) is 30.3 Å². The van der Waals surface area contributed by atoms with Gasteiger partial charge in [0.05, 0.1) is 13.0 Å². The maximum Gasteiger partial charge on any atom is 0.309 e. The Morgan fingerprint density at radius 3 is 2.85 bits per heavy atom. The van der Waals surface area contributed by atoms with E-state index in [9.17, 15) is 4.79 Å². The van der Waals surface area contributed by atoms with Crippen LogP contribution >= 0.6 is 0 Å². The Hall–Kier alpha value is -1.35. The van der Waals surface area contributed by atoms with Crippen LogP contribution in [0.2, 0.25) is 0 Å². The Morgan fingerprint density at radius 2 is 2.10 bits per heavy atom. The van der Waals surface area contributed by atoms with Gasteiger partial charge in [0.1, 0.15) is 0 Å². The first kappa shape index (κ1) is 15.0. The molecule has 0 radical (unpaired) electrons. The highest BCUT2D eigenvalue weighted by Gasteiger charge is 2.25. The number of nitrogens with zero attached hydrogens (tertiary/aromatic N) is 1. The minimum Gasteiger partial charge on any atom is -0.469 e. The lowest BCUT2D eigenvalue weighted by atomic mass is 9.98. The average Bonchev–Trinajstić information content (AvgIpc) is 2.52. The molecule has 3 nitrogen and oxygen atoms in total. The summed E-state index contributed by atoms with van der Waals surface area (Å²) in [5.41, 5.74) is 1.42. The Labute approximate surface area is 121 Å². The van der Waals surface area contributed by atoms with E-state index in [-0.39, 0.29) is 11.9 Å². The topological polar surface area (TPSA) is 29.5 Å². The third-order valence-corrected chi connectivity index (χ3v) is 4.07. The lowest BCUT2D eigenvalue weighted by molar-refractivity contribution is -0.147. The number of likely N-dealkylation sites (tertiary alicyclic amines) is 1. The molecule has 0 aromatic heterocycles. The highest BCUT2D eigenvalue weighted by Crippen LogP contribution is 2.18. The van der Waals surface area contributed by atoms with Gasteiger partial charge >= 0.3 is 5.97 Å². The van der Waals surface area contributed by atoms with Crippen LogP contribution in [0.25, 0.3) is 0 Å². The Balaban J connectivity index is 1.65. The maximum atomic E-state index is 11.6. The van der Waals surface area contributed by atoms with Crippen molar-refractivity contribution in [3.05, 3.63) is 35.9 Å². The summed E-state index contributed by atoms with van der Waals surface area (Å²) >= 11 is 0. The van der Waals surface area contributed by atoms with E-state index in [0.29, 0.717) is 0 Å². The number of hydrogen-bond donors (Lipinski definition) is 0. The number of unbranched alkanes of at least 4 members (excludes halogenated alkanes) is 1. The summed E-state index contributed by atoms with van der Waals surface area (Å²) in [4.78, 5) is 14.0. The molecule has 1 atom stereocenters. The minimum absolute atomic E-state index is 0.0426. The van der Waals surface area contributed by atoms with E-state index < -0.39 is 0 Å². The van der Waals surface area contributed by atoms with E-state index in [1.165, 1.54) is 25.5 Å².